The van der Waals surface area contributed by atoms with Crippen molar-refractivity contribution in [3.8, 4) is 5.69 Å². The van der Waals surface area contributed by atoms with Crippen molar-refractivity contribution in [2.45, 2.75) is 13.3 Å². The topological polar surface area (TPSA) is 4.93 Å². The average Bonchev–Trinajstić information content (AvgIpc) is 3.19. The minimum atomic E-state index is 0. The van der Waals surface area contributed by atoms with Crippen molar-refractivity contribution in [1.29, 1.82) is 0 Å². The molecular weight excluding hydrogens is 404 g/mol. The van der Waals surface area contributed by atoms with Crippen LogP contribution in [-0.2, 0) is 26.2 Å². The maximum absolute atomic E-state index is 3.12. The van der Waals surface area contributed by atoms with E-state index in [4.69, 9.17) is 0 Å². The van der Waals surface area contributed by atoms with Crippen LogP contribution in [0, 0.1) is 6.08 Å². The number of hydrogen-bond acceptors (Lipinski definition) is 0. The molecule has 2 aromatic carbocycles. The zero-order chi connectivity index (χ0) is 13.8. The van der Waals surface area contributed by atoms with E-state index < -0.39 is 0 Å². The van der Waals surface area contributed by atoms with Gasteiger partial charge in [-0.25, -0.2) is 11.6 Å². The van der Waals surface area contributed by atoms with Crippen LogP contribution in [0.5, 0.6) is 0 Å². The molecule has 1 aliphatic carbocycles. The van der Waals surface area contributed by atoms with Gasteiger partial charge in [-0.15, -0.1) is 43.4 Å². The largest absolute Gasteiger partial charge is 2.00 e. The number of halogens is 2. The first-order chi connectivity index (χ1) is 9.84. The second-order valence-electron chi connectivity index (χ2n) is 4.86. The monoisotopic (exact) mass is 421 g/mol. The van der Waals surface area contributed by atoms with Crippen LogP contribution in [0.25, 0.3) is 16.5 Å². The number of benzene rings is 1. The third-order valence-electron chi connectivity index (χ3n) is 3.41. The Kier molecular flexibility index (Phi) is 10.3. The Hall–Kier alpha value is -0.947. The molecule has 4 heteroatoms. The summed E-state index contributed by atoms with van der Waals surface area (Å²) < 4.78 is 2.14. The van der Waals surface area contributed by atoms with E-state index in [1.54, 1.807) is 0 Å². The fourth-order valence-electron chi connectivity index (χ4n) is 2.37. The van der Waals surface area contributed by atoms with E-state index >= 15 is 0 Å². The predicted molar refractivity (Wildman–Crippen MR) is 99.6 cm³/mol. The Morgan fingerprint density at radius 2 is 1.70 bits per heavy atom. The summed E-state index contributed by atoms with van der Waals surface area (Å²) in [6, 6.07) is 16.9. The number of rotatable bonds is 1. The minimum absolute atomic E-state index is 0. The molecule has 1 heterocycles. The molecule has 0 atom stereocenters. The maximum Gasteiger partial charge on any atom is 2.00 e. The van der Waals surface area contributed by atoms with E-state index in [0.717, 1.165) is 6.42 Å². The van der Waals surface area contributed by atoms with Gasteiger partial charge in [-0.3, -0.25) is 6.08 Å². The van der Waals surface area contributed by atoms with Gasteiger partial charge in [-0.05, 0) is 18.1 Å². The second kappa shape index (κ2) is 10.8. The molecule has 1 aromatic heterocycles. The molecule has 118 valence electrons. The van der Waals surface area contributed by atoms with Crippen LogP contribution in [0.2, 0.25) is 0 Å². The second-order valence-corrected chi connectivity index (χ2v) is 4.86. The average molecular weight is 423 g/mol. The normalized spacial score (nSPS) is 11.4. The number of fused-ring (bicyclic) bond motifs is 1. The van der Waals surface area contributed by atoms with E-state index in [1.807, 2.05) is 12.1 Å². The SMILES string of the molecule is CC1=[C-]CC=C1.Cl.Cl.[Zr+2].c1ccc2c(c1)cc[c-]2-n1cccc1. The Balaban J connectivity index is 0.000000469. The summed E-state index contributed by atoms with van der Waals surface area (Å²) in [6.07, 6.45) is 12.5. The van der Waals surface area contributed by atoms with Gasteiger partial charge >= 0.3 is 26.2 Å². The quantitative estimate of drug-likeness (QED) is 0.431. The van der Waals surface area contributed by atoms with Gasteiger partial charge < -0.3 is 4.57 Å². The molecule has 0 fully saturated rings. The molecule has 0 unspecified atom stereocenters. The van der Waals surface area contributed by atoms with E-state index in [1.165, 1.54) is 22.0 Å². The number of hydrogen-bond donors (Lipinski definition) is 0. The molecule has 0 amide bonds. The zero-order valence-electron chi connectivity index (χ0n) is 12.9. The molecule has 3 aromatic rings. The van der Waals surface area contributed by atoms with Crippen LogP contribution in [0.4, 0.5) is 0 Å². The first-order valence-electron chi connectivity index (χ1n) is 6.86. The molecule has 0 aliphatic heterocycles. The Morgan fingerprint density at radius 1 is 1.00 bits per heavy atom. The summed E-state index contributed by atoms with van der Waals surface area (Å²) in [5.74, 6) is 0. The number of aromatic nitrogens is 1. The minimum Gasteiger partial charge on any atom is -0.403 e. The van der Waals surface area contributed by atoms with Gasteiger partial charge in [0.15, 0.2) is 0 Å². The number of nitrogens with zero attached hydrogens (tertiary/aromatic N) is 1. The van der Waals surface area contributed by atoms with Gasteiger partial charge in [0.25, 0.3) is 0 Å². The summed E-state index contributed by atoms with van der Waals surface area (Å²) in [6.45, 7) is 2.06. The van der Waals surface area contributed by atoms with Gasteiger partial charge in [-0.1, -0.05) is 54.1 Å². The molecule has 23 heavy (non-hydrogen) atoms. The van der Waals surface area contributed by atoms with Crippen molar-refractivity contribution >= 4 is 35.6 Å². The van der Waals surface area contributed by atoms with Gasteiger partial charge in [-0.2, -0.15) is 6.08 Å². The third-order valence-corrected chi connectivity index (χ3v) is 3.41. The Bertz CT molecular complexity index is 752. The summed E-state index contributed by atoms with van der Waals surface area (Å²) in [5, 5.41) is 2.61. The molecule has 0 bridgehead atoms. The molecule has 0 saturated carbocycles. The van der Waals surface area contributed by atoms with Gasteiger partial charge in [0, 0.05) is 0 Å². The van der Waals surface area contributed by atoms with E-state index in [9.17, 15) is 0 Å². The molecule has 0 saturated heterocycles. The standard InChI is InChI=1S/C13H10N.C6H7.2ClH.Zr/c1-2-6-12-11(5-1)7-8-13(12)14-9-3-4-10-14;1-6-4-2-3-5-6;;;/h1-10H;2,4H,3H2,1H3;2*1H;/q2*-1;;;+2. The first kappa shape index (κ1) is 22.1. The molecule has 1 aliphatic rings. The zero-order valence-corrected chi connectivity index (χ0v) is 17.0. The molecule has 0 radical (unpaired) electrons. The maximum atomic E-state index is 3.12. The van der Waals surface area contributed by atoms with Crippen molar-refractivity contribution in [3.63, 3.8) is 0 Å². The van der Waals surface area contributed by atoms with Crippen molar-refractivity contribution in [2.75, 3.05) is 0 Å². The molecule has 0 N–H and O–H groups in total. The van der Waals surface area contributed by atoms with Crippen LogP contribution in [0.3, 0.4) is 0 Å². The van der Waals surface area contributed by atoms with Gasteiger partial charge in [0.05, 0.1) is 0 Å². The third kappa shape index (κ3) is 5.57. The summed E-state index contributed by atoms with van der Waals surface area (Å²) in [5.41, 5.74) is 2.53. The van der Waals surface area contributed by atoms with Crippen LogP contribution >= 0.6 is 24.8 Å². The predicted octanol–water partition coefficient (Wildman–Crippen LogP) is 5.89. The van der Waals surface area contributed by atoms with Crippen LogP contribution in [-0.4, -0.2) is 4.57 Å². The Morgan fingerprint density at radius 3 is 2.26 bits per heavy atom. The summed E-state index contributed by atoms with van der Waals surface area (Å²) in [4.78, 5) is 0. The van der Waals surface area contributed by atoms with E-state index in [-0.39, 0.29) is 51.0 Å². The summed E-state index contributed by atoms with van der Waals surface area (Å²) in [7, 11) is 0. The fraction of sp³-hybridized carbons (Fsp3) is 0.105. The first-order valence-corrected chi connectivity index (χ1v) is 6.86. The molecule has 1 nitrogen and oxygen atoms in total. The molecular formula is C19H19Cl2NZr. The van der Waals surface area contributed by atoms with Crippen LogP contribution in [0.15, 0.2) is 78.6 Å². The van der Waals surface area contributed by atoms with Crippen LogP contribution in [0.1, 0.15) is 13.3 Å². The van der Waals surface area contributed by atoms with E-state index in [2.05, 4.69) is 78.5 Å². The fourth-order valence-corrected chi connectivity index (χ4v) is 2.37. The van der Waals surface area contributed by atoms with Crippen molar-refractivity contribution in [2.24, 2.45) is 0 Å². The van der Waals surface area contributed by atoms with Crippen molar-refractivity contribution < 1.29 is 26.2 Å². The van der Waals surface area contributed by atoms with Gasteiger partial charge in [0.2, 0.25) is 0 Å². The van der Waals surface area contributed by atoms with Crippen LogP contribution < -0.4 is 0 Å². The Labute approximate surface area is 169 Å². The summed E-state index contributed by atoms with van der Waals surface area (Å²) >= 11 is 0. The van der Waals surface area contributed by atoms with Crippen molar-refractivity contribution in [3.05, 3.63) is 84.7 Å². The molecule has 0 spiro atoms. The smallest absolute Gasteiger partial charge is 0.403 e. The number of allylic oxidation sites excluding steroid dienone is 4. The van der Waals surface area contributed by atoms with Crippen molar-refractivity contribution in [1.82, 2.24) is 4.57 Å². The molecule has 4 rings (SSSR count). The van der Waals surface area contributed by atoms with E-state index in [0.29, 0.717) is 0 Å². The van der Waals surface area contributed by atoms with Gasteiger partial charge in [0.1, 0.15) is 0 Å².